The molecule has 2 aromatic heterocycles. The maximum absolute atomic E-state index is 13.7. The molecule has 3 aromatic rings. The number of rotatable bonds is 13. The van der Waals surface area contributed by atoms with E-state index < -0.39 is 22.1 Å². The molecule has 0 bridgehead atoms. The third-order valence-corrected chi connectivity index (χ3v) is 8.71. The monoisotopic (exact) mass is 569 g/mol. The molecule has 1 fully saturated rings. The summed E-state index contributed by atoms with van der Waals surface area (Å²) < 4.78 is 42.9. The summed E-state index contributed by atoms with van der Waals surface area (Å²) in [6.45, 7) is 0.309. The molecular weight excluding hydrogens is 533 g/mol. The van der Waals surface area contributed by atoms with Crippen LogP contribution in [0.25, 0.3) is 0 Å². The zero-order valence-electron chi connectivity index (χ0n) is 22.3. The van der Waals surface area contributed by atoms with Gasteiger partial charge < -0.3 is 15.3 Å². The van der Waals surface area contributed by atoms with Crippen LogP contribution in [-0.2, 0) is 27.7 Å². The minimum Gasteiger partial charge on any atom is -0.394 e. The molecule has 9 nitrogen and oxygen atoms in total. The summed E-state index contributed by atoms with van der Waals surface area (Å²) in [7, 11) is -4.21. The number of aliphatic hydroxyl groups is 1. The third kappa shape index (κ3) is 8.06. The smallest absolute Gasteiger partial charge is 0.244 e. The zero-order chi connectivity index (χ0) is 28.4. The average molecular weight is 570 g/mol. The Morgan fingerprint density at radius 2 is 1.68 bits per heavy atom. The Kier molecular flexibility index (Phi) is 10.6. The number of hydrogen-bond acceptors (Lipinski definition) is 7. The van der Waals surface area contributed by atoms with E-state index in [-0.39, 0.29) is 42.1 Å². The average Bonchev–Trinajstić information content (AvgIpc) is 2.98. The Morgan fingerprint density at radius 1 is 1.00 bits per heavy atom. The van der Waals surface area contributed by atoms with Gasteiger partial charge in [0.05, 0.1) is 25.0 Å². The topological polar surface area (TPSA) is 125 Å². The van der Waals surface area contributed by atoms with Crippen molar-refractivity contribution in [3.8, 4) is 0 Å². The number of aromatic nitrogens is 2. The minimum absolute atomic E-state index is 0.115. The van der Waals surface area contributed by atoms with Crippen molar-refractivity contribution in [3.05, 3.63) is 84.4 Å². The van der Waals surface area contributed by atoms with Crippen LogP contribution >= 0.6 is 0 Å². The summed E-state index contributed by atoms with van der Waals surface area (Å²) in [4.78, 5) is 23.2. The van der Waals surface area contributed by atoms with Gasteiger partial charge in [-0.2, -0.15) is 4.72 Å². The van der Waals surface area contributed by atoms with Gasteiger partial charge in [0, 0.05) is 37.9 Å². The molecule has 3 heterocycles. The number of carbonyl (C=O) groups is 1. The lowest BCUT2D eigenvalue weighted by Crippen LogP contribution is -2.51. The summed E-state index contributed by atoms with van der Waals surface area (Å²) in [5, 5.41) is 13.1. The van der Waals surface area contributed by atoms with Crippen molar-refractivity contribution in [2.75, 3.05) is 31.7 Å². The summed E-state index contributed by atoms with van der Waals surface area (Å²) in [6.07, 6.45) is 8.37. The molecule has 4 rings (SSSR count). The van der Waals surface area contributed by atoms with Crippen molar-refractivity contribution in [2.24, 2.45) is 5.92 Å². The van der Waals surface area contributed by atoms with Gasteiger partial charge in [0.25, 0.3) is 0 Å². The molecule has 1 saturated heterocycles. The molecule has 1 aliphatic heterocycles. The van der Waals surface area contributed by atoms with Crippen LogP contribution in [0.5, 0.6) is 0 Å². The van der Waals surface area contributed by atoms with Crippen molar-refractivity contribution in [2.45, 2.75) is 49.1 Å². The number of amides is 1. The van der Waals surface area contributed by atoms with Crippen LogP contribution in [0.15, 0.2) is 78.2 Å². The number of hydrogen-bond donors (Lipinski definition) is 3. The largest absolute Gasteiger partial charge is 0.394 e. The van der Waals surface area contributed by atoms with Gasteiger partial charge in [0.2, 0.25) is 15.9 Å². The standard InChI is InChI=1S/C29H36FN5O4S/c30-12-6-22-10-16-35(17-11-22)29(37)27(19-24-7-13-31-14-8-24)34-40(38,39)28-20-32-15-9-26(28)33-25(21-36)18-23-4-2-1-3-5-23/h1-5,7-9,13-15,20,22,25,27,34,36H,6,10-12,16-19,21H2,(H,32,33). The second kappa shape index (κ2) is 14.3. The maximum atomic E-state index is 13.7. The number of piperidine rings is 1. The first-order chi connectivity index (χ1) is 19.4. The Balaban J connectivity index is 1.54. The van der Waals surface area contributed by atoms with Gasteiger partial charge in [0.1, 0.15) is 10.9 Å². The van der Waals surface area contributed by atoms with E-state index in [1.807, 2.05) is 30.3 Å². The van der Waals surface area contributed by atoms with Gasteiger partial charge in [0.15, 0.2) is 0 Å². The van der Waals surface area contributed by atoms with Crippen LogP contribution in [0.2, 0.25) is 0 Å². The molecule has 0 saturated carbocycles. The predicted octanol–water partition coefficient (Wildman–Crippen LogP) is 2.98. The molecule has 214 valence electrons. The van der Waals surface area contributed by atoms with Crippen LogP contribution in [0, 0.1) is 5.92 Å². The molecule has 0 spiro atoms. The first-order valence-electron chi connectivity index (χ1n) is 13.5. The van der Waals surface area contributed by atoms with Gasteiger partial charge >= 0.3 is 0 Å². The first-order valence-corrected chi connectivity index (χ1v) is 15.0. The van der Waals surface area contributed by atoms with Crippen LogP contribution < -0.4 is 10.0 Å². The second-order valence-corrected chi connectivity index (χ2v) is 11.7. The Morgan fingerprint density at radius 3 is 2.35 bits per heavy atom. The van der Waals surface area contributed by atoms with E-state index in [1.54, 1.807) is 29.4 Å². The SMILES string of the molecule is O=C(C(Cc1ccncc1)NS(=O)(=O)c1cnccc1NC(CO)Cc1ccccc1)N1CCC(CCF)CC1. The van der Waals surface area contributed by atoms with E-state index in [0.29, 0.717) is 38.8 Å². The minimum atomic E-state index is -4.21. The highest BCUT2D eigenvalue weighted by atomic mass is 32.2. The third-order valence-electron chi connectivity index (χ3n) is 7.21. The molecular formula is C29H36FN5O4S. The maximum Gasteiger partial charge on any atom is 0.244 e. The molecule has 0 aliphatic carbocycles. The zero-order valence-corrected chi connectivity index (χ0v) is 23.1. The fraction of sp³-hybridized carbons (Fsp3) is 0.414. The number of sulfonamides is 1. The van der Waals surface area contributed by atoms with Crippen LogP contribution in [-0.4, -0.2) is 72.8 Å². The number of anilines is 1. The van der Waals surface area contributed by atoms with Crippen molar-refractivity contribution in [1.82, 2.24) is 19.6 Å². The van der Waals surface area contributed by atoms with Gasteiger partial charge in [-0.05, 0) is 67.3 Å². The molecule has 2 unspecified atom stereocenters. The van der Waals surface area contributed by atoms with Gasteiger partial charge in [-0.15, -0.1) is 0 Å². The van der Waals surface area contributed by atoms with E-state index in [1.165, 1.54) is 18.5 Å². The van der Waals surface area contributed by atoms with Gasteiger partial charge in [-0.1, -0.05) is 30.3 Å². The summed E-state index contributed by atoms with van der Waals surface area (Å²) in [6, 6.07) is 13.1. The predicted molar refractivity (Wildman–Crippen MR) is 151 cm³/mol. The van der Waals surface area contributed by atoms with Crippen molar-refractivity contribution < 1.29 is 22.7 Å². The van der Waals surface area contributed by atoms with Crippen molar-refractivity contribution in [3.63, 3.8) is 0 Å². The lowest BCUT2D eigenvalue weighted by molar-refractivity contribution is -0.134. The Labute approximate surface area is 234 Å². The molecule has 3 N–H and O–H groups in total. The lowest BCUT2D eigenvalue weighted by Gasteiger charge is -2.34. The van der Waals surface area contributed by atoms with E-state index in [9.17, 15) is 22.7 Å². The van der Waals surface area contributed by atoms with Gasteiger partial charge in [-0.3, -0.25) is 19.2 Å². The molecule has 2 atom stereocenters. The number of carbonyl (C=O) groups excluding carboxylic acids is 1. The number of aliphatic hydroxyl groups excluding tert-OH is 1. The van der Waals surface area contributed by atoms with E-state index in [0.717, 1.165) is 11.1 Å². The first kappa shape index (κ1) is 29.6. The molecule has 1 aromatic carbocycles. The van der Waals surface area contributed by atoms with Crippen LogP contribution in [0.3, 0.4) is 0 Å². The molecule has 0 radical (unpaired) electrons. The fourth-order valence-electron chi connectivity index (χ4n) is 4.99. The van der Waals surface area contributed by atoms with Crippen molar-refractivity contribution in [1.29, 1.82) is 0 Å². The molecule has 1 amide bonds. The summed E-state index contributed by atoms with van der Waals surface area (Å²) >= 11 is 0. The highest BCUT2D eigenvalue weighted by Crippen LogP contribution is 2.24. The Bertz CT molecular complexity index is 1320. The van der Waals surface area contributed by atoms with Crippen LogP contribution in [0.1, 0.15) is 30.4 Å². The number of alkyl halides is 1. The van der Waals surface area contributed by atoms with E-state index in [4.69, 9.17) is 0 Å². The Hall–Kier alpha value is -3.41. The lowest BCUT2D eigenvalue weighted by atomic mass is 9.93. The number of nitrogens with zero attached hydrogens (tertiary/aromatic N) is 3. The van der Waals surface area contributed by atoms with Crippen LogP contribution in [0.4, 0.5) is 10.1 Å². The number of likely N-dealkylation sites (tertiary alicyclic amines) is 1. The number of halogens is 1. The number of pyridine rings is 2. The van der Waals surface area contributed by atoms with Crippen molar-refractivity contribution >= 4 is 21.6 Å². The molecule has 40 heavy (non-hydrogen) atoms. The van der Waals surface area contributed by atoms with E-state index in [2.05, 4.69) is 20.0 Å². The highest BCUT2D eigenvalue weighted by Gasteiger charge is 2.33. The van der Waals surface area contributed by atoms with Gasteiger partial charge in [-0.25, -0.2) is 8.42 Å². The second-order valence-electron chi connectivity index (χ2n) is 10.1. The normalized spacial score (nSPS) is 15.9. The van der Waals surface area contributed by atoms with E-state index >= 15 is 0 Å². The summed E-state index contributed by atoms with van der Waals surface area (Å²) in [5.74, 6) is -0.0985. The quantitative estimate of drug-likeness (QED) is 0.289. The number of benzene rings is 1. The summed E-state index contributed by atoms with van der Waals surface area (Å²) in [5.41, 5.74) is 2.03. The molecule has 1 aliphatic rings. The highest BCUT2D eigenvalue weighted by molar-refractivity contribution is 7.89. The fourth-order valence-corrected chi connectivity index (χ4v) is 6.30. The number of nitrogens with one attached hydrogen (secondary N) is 2. The molecule has 11 heteroatoms.